The summed E-state index contributed by atoms with van der Waals surface area (Å²) in [6.45, 7) is 9.87. The highest BCUT2D eigenvalue weighted by molar-refractivity contribution is 5.68. The van der Waals surface area contributed by atoms with E-state index in [1.165, 1.54) is 0 Å². The minimum atomic E-state index is -0.480. The van der Waals surface area contributed by atoms with Crippen LogP contribution in [0, 0.1) is 5.92 Å². The number of rotatable bonds is 6. The van der Waals surface area contributed by atoms with Crippen molar-refractivity contribution in [2.24, 2.45) is 5.92 Å². The lowest BCUT2D eigenvalue weighted by Gasteiger charge is -2.23. The van der Waals surface area contributed by atoms with Crippen LogP contribution in [0.4, 0.5) is 4.79 Å². The second kappa shape index (κ2) is 7.54. The number of alkyl carbamates (subject to hydrolysis) is 1. The Kier molecular flexibility index (Phi) is 7.19. The molecular formula is C13H27NO3. The number of carbonyl (C=O) groups is 1. The van der Waals surface area contributed by atoms with Crippen molar-refractivity contribution >= 4 is 6.09 Å². The number of amides is 1. The maximum absolute atomic E-state index is 11.6. The van der Waals surface area contributed by atoms with Gasteiger partial charge in [0, 0.05) is 12.6 Å². The van der Waals surface area contributed by atoms with Crippen molar-refractivity contribution in [1.82, 2.24) is 5.32 Å². The van der Waals surface area contributed by atoms with Gasteiger partial charge in [-0.1, -0.05) is 13.8 Å². The first-order valence-electron chi connectivity index (χ1n) is 6.35. The van der Waals surface area contributed by atoms with Gasteiger partial charge in [-0.15, -0.1) is 0 Å². The smallest absolute Gasteiger partial charge is 0.407 e. The molecule has 0 aromatic rings. The van der Waals surface area contributed by atoms with Crippen LogP contribution in [0.3, 0.4) is 0 Å². The van der Waals surface area contributed by atoms with Gasteiger partial charge in [0.2, 0.25) is 0 Å². The van der Waals surface area contributed by atoms with E-state index in [-0.39, 0.29) is 12.6 Å². The zero-order chi connectivity index (χ0) is 13.5. The molecule has 0 radical (unpaired) electrons. The molecule has 0 bridgehead atoms. The SMILES string of the molecule is CC(C)CCC(CCO)NC(=O)OC(C)(C)C. The summed E-state index contributed by atoms with van der Waals surface area (Å²) in [7, 11) is 0. The Balaban J connectivity index is 4.10. The fraction of sp³-hybridized carbons (Fsp3) is 0.923. The van der Waals surface area contributed by atoms with Crippen LogP contribution in [0.25, 0.3) is 0 Å². The van der Waals surface area contributed by atoms with Crippen LogP contribution in [0.15, 0.2) is 0 Å². The Morgan fingerprint density at radius 2 is 1.82 bits per heavy atom. The molecule has 0 aliphatic heterocycles. The van der Waals surface area contributed by atoms with Gasteiger partial charge in [-0.3, -0.25) is 0 Å². The van der Waals surface area contributed by atoms with Crippen molar-refractivity contribution in [2.75, 3.05) is 6.61 Å². The zero-order valence-corrected chi connectivity index (χ0v) is 11.7. The van der Waals surface area contributed by atoms with Gasteiger partial charge in [-0.05, 0) is 46.0 Å². The minimum absolute atomic E-state index is 0.00255. The van der Waals surface area contributed by atoms with E-state index in [2.05, 4.69) is 19.2 Å². The zero-order valence-electron chi connectivity index (χ0n) is 11.7. The molecule has 1 amide bonds. The highest BCUT2D eigenvalue weighted by Crippen LogP contribution is 2.11. The monoisotopic (exact) mass is 245 g/mol. The average molecular weight is 245 g/mol. The third-order valence-corrected chi connectivity index (χ3v) is 2.29. The van der Waals surface area contributed by atoms with Gasteiger partial charge in [0.25, 0.3) is 0 Å². The summed E-state index contributed by atoms with van der Waals surface area (Å²) in [6, 6.07) is -0.00255. The molecule has 0 aromatic carbocycles. The first kappa shape index (κ1) is 16.2. The van der Waals surface area contributed by atoms with Crippen LogP contribution >= 0.6 is 0 Å². The number of nitrogens with one attached hydrogen (secondary N) is 1. The molecular weight excluding hydrogens is 218 g/mol. The van der Waals surface area contributed by atoms with Crippen LogP contribution in [0.5, 0.6) is 0 Å². The number of aliphatic hydroxyl groups excluding tert-OH is 1. The molecule has 17 heavy (non-hydrogen) atoms. The van der Waals surface area contributed by atoms with Gasteiger partial charge in [0.05, 0.1) is 0 Å². The van der Waals surface area contributed by atoms with Crippen molar-refractivity contribution in [2.45, 2.75) is 65.5 Å². The average Bonchev–Trinajstić information content (AvgIpc) is 2.11. The van der Waals surface area contributed by atoms with E-state index in [9.17, 15) is 4.79 Å². The van der Waals surface area contributed by atoms with Crippen LogP contribution < -0.4 is 5.32 Å². The molecule has 0 rings (SSSR count). The van der Waals surface area contributed by atoms with Gasteiger partial charge in [0.1, 0.15) is 5.60 Å². The summed E-state index contributed by atoms with van der Waals surface area (Å²) >= 11 is 0. The molecule has 1 atom stereocenters. The van der Waals surface area contributed by atoms with Crippen molar-refractivity contribution < 1.29 is 14.6 Å². The highest BCUT2D eigenvalue weighted by atomic mass is 16.6. The van der Waals surface area contributed by atoms with Crippen molar-refractivity contribution in [3.63, 3.8) is 0 Å². The third-order valence-electron chi connectivity index (χ3n) is 2.29. The number of carbonyl (C=O) groups excluding carboxylic acids is 1. The summed E-state index contributed by atoms with van der Waals surface area (Å²) in [5, 5.41) is 11.8. The van der Waals surface area contributed by atoms with Crippen molar-refractivity contribution in [3.8, 4) is 0 Å². The molecule has 0 heterocycles. The quantitative estimate of drug-likeness (QED) is 0.756. The Morgan fingerprint density at radius 3 is 2.24 bits per heavy atom. The molecule has 102 valence electrons. The normalized spacial score (nSPS) is 13.6. The Morgan fingerprint density at radius 1 is 1.24 bits per heavy atom. The molecule has 0 aliphatic rings. The molecule has 4 heteroatoms. The lowest BCUT2D eigenvalue weighted by atomic mass is 10.0. The standard InChI is InChI=1S/C13H27NO3/c1-10(2)6-7-11(8-9-15)14-12(16)17-13(3,4)5/h10-11,15H,6-9H2,1-5H3,(H,14,16). The van der Waals surface area contributed by atoms with E-state index in [4.69, 9.17) is 9.84 Å². The molecule has 4 nitrogen and oxygen atoms in total. The number of aliphatic hydroxyl groups is 1. The number of ether oxygens (including phenoxy) is 1. The van der Waals surface area contributed by atoms with E-state index in [0.717, 1.165) is 12.8 Å². The maximum atomic E-state index is 11.6. The van der Waals surface area contributed by atoms with Gasteiger partial charge in [-0.25, -0.2) is 4.79 Å². The number of hydrogen-bond donors (Lipinski definition) is 2. The highest BCUT2D eigenvalue weighted by Gasteiger charge is 2.19. The molecule has 0 spiro atoms. The second-order valence-electron chi connectivity index (χ2n) is 5.83. The maximum Gasteiger partial charge on any atom is 0.407 e. The topological polar surface area (TPSA) is 58.6 Å². The van der Waals surface area contributed by atoms with Crippen LogP contribution in [0.2, 0.25) is 0 Å². The summed E-state index contributed by atoms with van der Waals surface area (Å²) in [5.41, 5.74) is -0.480. The van der Waals surface area contributed by atoms with Gasteiger partial charge in [0.15, 0.2) is 0 Å². The van der Waals surface area contributed by atoms with Gasteiger partial charge >= 0.3 is 6.09 Å². The predicted molar refractivity (Wildman–Crippen MR) is 68.9 cm³/mol. The lowest BCUT2D eigenvalue weighted by Crippen LogP contribution is -2.39. The molecule has 2 N–H and O–H groups in total. The summed E-state index contributed by atoms with van der Waals surface area (Å²) < 4.78 is 5.19. The second-order valence-corrected chi connectivity index (χ2v) is 5.83. The first-order valence-corrected chi connectivity index (χ1v) is 6.35. The van der Waals surface area contributed by atoms with E-state index in [1.54, 1.807) is 0 Å². The fourth-order valence-corrected chi connectivity index (χ4v) is 1.45. The fourth-order valence-electron chi connectivity index (χ4n) is 1.45. The largest absolute Gasteiger partial charge is 0.444 e. The Hall–Kier alpha value is -0.770. The van der Waals surface area contributed by atoms with E-state index >= 15 is 0 Å². The predicted octanol–water partition coefficient (Wildman–Crippen LogP) is 2.70. The lowest BCUT2D eigenvalue weighted by molar-refractivity contribution is 0.0492. The molecule has 0 saturated heterocycles. The van der Waals surface area contributed by atoms with E-state index < -0.39 is 11.7 Å². The van der Waals surface area contributed by atoms with Gasteiger partial charge < -0.3 is 15.2 Å². The van der Waals surface area contributed by atoms with Crippen molar-refractivity contribution in [1.29, 1.82) is 0 Å². The summed E-state index contributed by atoms with van der Waals surface area (Å²) in [6.07, 6.45) is 2.07. The van der Waals surface area contributed by atoms with Crippen molar-refractivity contribution in [3.05, 3.63) is 0 Å². The van der Waals surface area contributed by atoms with Crippen LogP contribution in [-0.2, 0) is 4.74 Å². The number of hydrogen-bond acceptors (Lipinski definition) is 3. The molecule has 1 unspecified atom stereocenters. The summed E-state index contributed by atoms with van der Waals surface area (Å²) in [5.74, 6) is 0.594. The molecule has 0 aromatic heterocycles. The molecule has 0 fully saturated rings. The van der Waals surface area contributed by atoms with E-state index in [0.29, 0.717) is 12.3 Å². The van der Waals surface area contributed by atoms with E-state index in [1.807, 2.05) is 20.8 Å². The summed E-state index contributed by atoms with van der Waals surface area (Å²) in [4.78, 5) is 11.6. The Labute approximate surface area is 105 Å². The van der Waals surface area contributed by atoms with Gasteiger partial charge in [-0.2, -0.15) is 0 Å². The molecule has 0 saturated carbocycles. The first-order chi connectivity index (χ1) is 7.74. The minimum Gasteiger partial charge on any atom is -0.444 e. The Bertz CT molecular complexity index is 221. The molecule has 0 aliphatic carbocycles. The van der Waals surface area contributed by atoms with Crippen LogP contribution in [0.1, 0.15) is 53.9 Å². The third kappa shape index (κ3) is 10.1. The van der Waals surface area contributed by atoms with Crippen LogP contribution in [-0.4, -0.2) is 29.4 Å².